The van der Waals surface area contributed by atoms with E-state index in [0.29, 0.717) is 11.6 Å². The first-order valence-electron chi connectivity index (χ1n) is 7.99. The first kappa shape index (κ1) is 14.9. The van der Waals surface area contributed by atoms with E-state index in [0.717, 1.165) is 12.2 Å². The van der Waals surface area contributed by atoms with Gasteiger partial charge in [0, 0.05) is 30.7 Å². The molecule has 1 fully saturated rings. The Morgan fingerprint density at radius 3 is 2.77 bits per heavy atom. The predicted octanol–water partition coefficient (Wildman–Crippen LogP) is 3.64. The molecule has 0 aliphatic carbocycles. The highest BCUT2D eigenvalue weighted by atomic mass is 16.1. The van der Waals surface area contributed by atoms with Crippen LogP contribution < -0.4 is 5.32 Å². The summed E-state index contributed by atoms with van der Waals surface area (Å²) in [6, 6.07) is 10.6. The van der Waals surface area contributed by atoms with Crippen LogP contribution in [0.2, 0.25) is 0 Å². The van der Waals surface area contributed by atoms with Crippen molar-refractivity contribution in [1.82, 2.24) is 9.88 Å². The Morgan fingerprint density at radius 1 is 1.27 bits per heavy atom. The van der Waals surface area contributed by atoms with Crippen LogP contribution in [0.4, 0.5) is 5.69 Å². The lowest BCUT2D eigenvalue weighted by atomic mass is 10.0. The molecule has 1 saturated heterocycles. The molecule has 0 radical (unpaired) electrons. The second-order valence-corrected chi connectivity index (χ2v) is 6.07. The quantitative estimate of drug-likeness (QED) is 0.905. The summed E-state index contributed by atoms with van der Waals surface area (Å²) in [6.45, 7) is 4.49. The fourth-order valence-electron chi connectivity index (χ4n) is 2.99. The van der Waals surface area contributed by atoms with Gasteiger partial charge >= 0.3 is 0 Å². The zero-order chi connectivity index (χ0) is 15.4. The molecule has 1 aliphatic rings. The largest absolute Gasteiger partial charge is 0.367 e. The molecular formula is C18H23N3O. The molecule has 1 aliphatic heterocycles. The van der Waals surface area contributed by atoms with Crippen molar-refractivity contribution < 1.29 is 4.79 Å². The van der Waals surface area contributed by atoms with Crippen molar-refractivity contribution >= 4 is 11.6 Å². The van der Waals surface area contributed by atoms with Crippen molar-refractivity contribution in [2.45, 2.75) is 38.8 Å². The number of amides is 1. The third-order valence-corrected chi connectivity index (χ3v) is 4.40. The van der Waals surface area contributed by atoms with E-state index in [1.165, 1.54) is 31.4 Å². The minimum Gasteiger partial charge on any atom is -0.367 e. The van der Waals surface area contributed by atoms with Crippen LogP contribution in [0.1, 0.15) is 42.1 Å². The molecule has 1 amide bonds. The smallest absolute Gasteiger partial charge is 0.257 e. The molecule has 116 valence electrons. The van der Waals surface area contributed by atoms with Gasteiger partial charge in [0.15, 0.2) is 0 Å². The Hall–Kier alpha value is -2.07. The highest BCUT2D eigenvalue weighted by molar-refractivity contribution is 6.04. The number of nitrogens with one attached hydrogen (secondary N) is 2. The number of nitrogens with zero attached hydrogens (tertiary/aromatic N) is 1. The standard InChI is InChI=1S/C18H23N3O/c1-14-4-2-3-11-21(14)13-15-5-7-17(8-6-15)20-18(22)16-9-10-19-12-16/h5-10,12,14,19H,2-4,11,13H2,1H3,(H,20,22)/t14-/m0/s1. The fourth-order valence-corrected chi connectivity index (χ4v) is 2.99. The summed E-state index contributed by atoms with van der Waals surface area (Å²) >= 11 is 0. The van der Waals surface area contributed by atoms with E-state index in [-0.39, 0.29) is 5.91 Å². The van der Waals surface area contributed by atoms with Gasteiger partial charge < -0.3 is 10.3 Å². The van der Waals surface area contributed by atoms with Crippen LogP contribution in [0.5, 0.6) is 0 Å². The minimum atomic E-state index is -0.0846. The number of aromatic nitrogens is 1. The molecule has 22 heavy (non-hydrogen) atoms. The van der Waals surface area contributed by atoms with Crippen LogP contribution in [-0.2, 0) is 6.54 Å². The van der Waals surface area contributed by atoms with Crippen LogP contribution in [0, 0.1) is 0 Å². The Bertz CT molecular complexity index is 604. The van der Waals surface area contributed by atoms with E-state index in [4.69, 9.17) is 0 Å². The summed E-state index contributed by atoms with van der Waals surface area (Å²) in [5.41, 5.74) is 2.78. The molecule has 0 bridgehead atoms. The number of benzene rings is 1. The van der Waals surface area contributed by atoms with E-state index in [1.807, 2.05) is 12.1 Å². The molecule has 0 saturated carbocycles. The summed E-state index contributed by atoms with van der Waals surface area (Å²) in [7, 11) is 0. The summed E-state index contributed by atoms with van der Waals surface area (Å²) < 4.78 is 0. The number of H-pyrrole nitrogens is 1. The molecule has 1 aromatic heterocycles. The SMILES string of the molecule is C[C@H]1CCCCN1Cc1ccc(NC(=O)c2cc[nH]c2)cc1. The number of hydrogen-bond donors (Lipinski definition) is 2. The number of carbonyl (C=O) groups excluding carboxylic acids is 1. The molecule has 0 unspecified atom stereocenters. The summed E-state index contributed by atoms with van der Waals surface area (Å²) in [5.74, 6) is -0.0846. The van der Waals surface area contributed by atoms with Gasteiger partial charge in [0.25, 0.3) is 5.91 Å². The fraction of sp³-hybridized carbons (Fsp3) is 0.389. The molecule has 2 heterocycles. The molecule has 3 rings (SSSR count). The Kier molecular flexibility index (Phi) is 4.59. The first-order valence-corrected chi connectivity index (χ1v) is 7.99. The van der Waals surface area contributed by atoms with E-state index in [1.54, 1.807) is 18.5 Å². The van der Waals surface area contributed by atoms with Crippen LogP contribution >= 0.6 is 0 Å². The lowest BCUT2D eigenvalue weighted by Gasteiger charge is -2.33. The van der Waals surface area contributed by atoms with Crippen molar-refractivity contribution in [1.29, 1.82) is 0 Å². The number of likely N-dealkylation sites (tertiary alicyclic amines) is 1. The molecule has 1 aromatic carbocycles. The van der Waals surface area contributed by atoms with E-state index in [2.05, 4.69) is 34.3 Å². The average Bonchev–Trinajstić information content (AvgIpc) is 3.06. The molecule has 2 N–H and O–H groups in total. The topological polar surface area (TPSA) is 48.1 Å². The summed E-state index contributed by atoms with van der Waals surface area (Å²) in [6.07, 6.45) is 7.39. The van der Waals surface area contributed by atoms with Gasteiger partial charge in [-0.05, 0) is 50.1 Å². The van der Waals surface area contributed by atoms with Gasteiger partial charge in [-0.3, -0.25) is 9.69 Å². The minimum absolute atomic E-state index is 0.0846. The summed E-state index contributed by atoms with van der Waals surface area (Å²) in [5, 5.41) is 2.91. The normalized spacial score (nSPS) is 19.0. The maximum atomic E-state index is 12.0. The monoisotopic (exact) mass is 297 g/mol. The maximum absolute atomic E-state index is 12.0. The highest BCUT2D eigenvalue weighted by Crippen LogP contribution is 2.20. The number of carbonyl (C=O) groups is 1. The van der Waals surface area contributed by atoms with Crippen molar-refractivity contribution in [2.24, 2.45) is 0 Å². The van der Waals surface area contributed by atoms with Gasteiger partial charge in [0.1, 0.15) is 0 Å². The molecule has 4 heteroatoms. The number of hydrogen-bond acceptors (Lipinski definition) is 2. The van der Waals surface area contributed by atoms with Gasteiger partial charge in [0.05, 0.1) is 5.56 Å². The predicted molar refractivity (Wildman–Crippen MR) is 88.9 cm³/mol. The van der Waals surface area contributed by atoms with Gasteiger partial charge in [-0.1, -0.05) is 18.6 Å². The molecule has 1 atom stereocenters. The van der Waals surface area contributed by atoms with E-state index >= 15 is 0 Å². The number of rotatable bonds is 4. The van der Waals surface area contributed by atoms with Crippen molar-refractivity contribution in [3.05, 3.63) is 53.9 Å². The van der Waals surface area contributed by atoms with E-state index < -0.39 is 0 Å². The van der Waals surface area contributed by atoms with Crippen LogP contribution in [0.3, 0.4) is 0 Å². The third-order valence-electron chi connectivity index (χ3n) is 4.40. The Labute approximate surface area is 131 Å². The summed E-state index contributed by atoms with van der Waals surface area (Å²) in [4.78, 5) is 17.4. The second kappa shape index (κ2) is 6.79. The van der Waals surface area contributed by atoms with Gasteiger partial charge in [0.2, 0.25) is 0 Å². The molecular weight excluding hydrogens is 274 g/mol. The molecule has 4 nitrogen and oxygen atoms in total. The van der Waals surface area contributed by atoms with Crippen LogP contribution in [-0.4, -0.2) is 28.4 Å². The third kappa shape index (κ3) is 3.57. The van der Waals surface area contributed by atoms with Crippen molar-refractivity contribution in [3.63, 3.8) is 0 Å². The number of aromatic amines is 1. The van der Waals surface area contributed by atoms with Gasteiger partial charge in [-0.2, -0.15) is 0 Å². The maximum Gasteiger partial charge on any atom is 0.257 e. The Morgan fingerprint density at radius 2 is 2.09 bits per heavy atom. The zero-order valence-electron chi connectivity index (χ0n) is 13.0. The first-order chi connectivity index (χ1) is 10.7. The zero-order valence-corrected chi connectivity index (χ0v) is 13.0. The van der Waals surface area contributed by atoms with Gasteiger partial charge in [-0.15, -0.1) is 0 Å². The molecule has 0 spiro atoms. The molecule has 2 aromatic rings. The van der Waals surface area contributed by atoms with Crippen molar-refractivity contribution in [3.8, 4) is 0 Å². The van der Waals surface area contributed by atoms with Crippen LogP contribution in [0.15, 0.2) is 42.7 Å². The number of piperidine rings is 1. The highest BCUT2D eigenvalue weighted by Gasteiger charge is 2.18. The Balaban J connectivity index is 1.59. The average molecular weight is 297 g/mol. The second-order valence-electron chi connectivity index (χ2n) is 6.07. The van der Waals surface area contributed by atoms with Gasteiger partial charge in [-0.25, -0.2) is 0 Å². The lowest BCUT2D eigenvalue weighted by molar-refractivity contribution is 0.102. The van der Waals surface area contributed by atoms with E-state index in [9.17, 15) is 4.79 Å². The van der Waals surface area contributed by atoms with Crippen LogP contribution in [0.25, 0.3) is 0 Å². The van der Waals surface area contributed by atoms with Crippen molar-refractivity contribution in [2.75, 3.05) is 11.9 Å². The number of anilines is 1. The lowest BCUT2D eigenvalue weighted by Crippen LogP contribution is -2.36.